The van der Waals surface area contributed by atoms with Crippen molar-refractivity contribution in [3.05, 3.63) is 0 Å². The lowest BCUT2D eigenvalue weighted by Gasteiger charge is -2.30. The molecule has 2 aliphatic rings. The fraction of sp³-hybridized carbons (Fsp3) is 0.923. The van der Waals surface area contributed by atoms with Crippen LogP contribution in [0.5, 0.6) is 0 Å². The monoisotopic (exact) mass is 276 g/mol. The van der Waals surface area contributed by atoms with Gasteiger partial charge >= 0.3 is 0 Å². The Bertz CT molecular complexity index is 251. The van der Waals surface area contributed by atoms with Gasteiger partial charge in [-0.1, -0.05) is 19.3 Å². The smallest absolute Gasteiger partial charge is 0.225 e. The van der Waals surface area contributed by atoms with Gasteiger partial charge in [0.05, 0.1) is 12.5 Å². The first-order chi connectivity index (χ1) is 8.31. The van der Waals surface area contributed by atoms with Crippen LogP contribution in [0.2, 0.25) is 0 Å². The highest BCUT2D eigenvalue weighted by molar-refractivity contribution is 5.85. The van der Waals surface area contributed by atoms with Crippen LogP contribution in [0.1, 0.15) is 38.5 Å². The number of halogens is 1. The highest BCUT2D eigenvalue weighted by Crippen LogP contribution is 2.26. The van der Waals surface area contributed by atoms with Crippen molar-refractivity contribution in [3.63, 3.8) is 0 Å². The molecule has 0 aromatic heterocycles. The summed E-state index contributed by atoms with van der Waals surface area (Å²) in [7, 11) is 0. The minimum atomic E-state index is 0. The molecule has 0 aromatic carbocycles. The Morgan fingerprint density at radius 3 is 2.56 bits per heavy atom. The van der Waals surface area contributed by atoms with Crippen molar-refractivity contribution in [1.82, 2.24) is 5.32 Å². The Balaban J connectivity index is 0.00000162. The molecule has 106 valence electrons. The molecule has 18 heavy (non-hydrogen) atoms. The molecule has 4 nitrogen and oxygen atoms in total. The van der Waals surface area contributed by atoms with Crippen LogP contribution >= 0.6 is 12.4 Å². The highest BCUT2D eigenvalue weighted by Gasteiger charge is 2.28. The lowest BCUT2D eigenvalue weighted by atomic mass is 9.83. The second kappa shape index (κ2) is 7.97. The van der Waals surface area contributed by atoms with Gasteiger partial charge in [-0.25, -0.2) is 0 Å². The summed E-state index contributed by atoms with van der Waals surface area (Å²) in [6, 6.07) is 0.170. The summed E-state index contributed by atoms with van der Waals surface area (Å²) in [5.74, 6) is 0.774. The van der Waals surface area contributed by atoms with Gasteiger partial charge in [-0.15, -0.1) is 12.4 Å². The Morgan fingerprint density at radius 1 is 1.28 bits per heavy atom. The van der Waals surface area contributed by atoms with E-state index in [2.05, 4.69) is 5.32 Å². The highest BCUT2D eigenvalue weighted by atomic mass is 35.5. The van der Waals surface area contributed by atoms with E-state index in [0.717, 1.165) is 13.0 Å². The molecule has 1 aliphatic heterocycles. The van der Waals surface area contributed by atoms with Crippen LogP contribution in [-0.2, 0) is 9.53 Å². The maximum Gasteiger partial charge on any atom is 0.225 e. The van der Waals surface area contributed by atoms with Crippen LogP contribution in [0.25, 0.3) is 0 Å². The first-order valence-corrected chi connectivity index (χ1v) is 6.89. The van der Waals surface area contributed by atoms with Crippen LogP contribution in [0.15, 0.2) is 0 Å². The number of ether oxygens (including phenoxy) is 1. The molecule has 3 N–H and O–H groups in total. The average molecular weight is 277 g/mol. The summed E-state index contributed by atoms with van der Waals surface area (Å²) in [5.41, 5.74) is 5.80. The van der Waals surface area contributed by atoms with E-state index in [1.54, 1.807) is 0 Å². The summed E-state index contributed by atoms with van der Waals surface area (Å²) >= 11 is 0. The molecular weight excluding hydrogens is 252 g/mol. The molecule has 1 saturated heterocycles. The van der Waals surface area contributed by atoms with Crippen molar-refractivity contribution < 1.29 is 9.53 Å². The Hall–Kier alpha value is -0.320. The number of hydrogen-bond acceptors (Lipinski definition) is 3. The van der Waals surface area contributed by atoms with E-state index in [4.69, 9.17) is 10.5 Å². The molecule has 2 fully saturated rings. The van der Waals surface area contributed by atoms with E-state index in [1.165, 1.54) is 32.1 Å². The maximum atomic E-state index is 12.0. The molecule has 0 spiro atoms. The summed E-state index contributed by atoms with van der Waals surface area (Å²) in [4.78, 5) is 12.0. The van der Waals surface area contributed by atoms with Crippen molar-refractivity contribution in [1.29, 1.82) is 0 Å². The average Bonchev–Trinajstić information content (AvgIpc) is 2.90. The zero-order chi connectivity index (χ0) is 12.1. The van der Waals surface area contributed by atoms with E-state index < -0.39 is 0 Å². The third-order valence-electron chi connectivity index (χ3n) is 4.10. The van der Waals surface area contributed by atoms with Gasteiger partial charge in [0.1, 0.15) is 0 Å². The van der Waals surface area contributed by atoms with Crippen LogP contribution in [-0.4, -0.2) is 31.7 Å². The van der Waals surface area contributed by atoms with Gasteiger partial charge in [-0.3, -0.25) is 4.79 Å². The fourth-order valence-electron chi connectivity index (χ4n) is 2.95. The largest absolute Gasteiger partial charge is 0.381 e. The Morgan fingerprint density at radius 2 is 2.00 bits per heavy atom. The summed E-state index contributed by atoms with van der Waals surface area (Å²) in [6.07, 6.45) is 7.17. The number of rotatable bonds is 4. The molecule has 2 unspecified atom stereocenters. The van der Waals surface area contributed by atoms with E-state index in [0.29, 0.717) is 19.1 Å². The number of amides is 1. The van der Waals surface area contributed by atoms with Crippen molar-refractivity contribution in [2.75, 3.05) is 19.8 Å². The summed E-state index contributed by atoms with van der Waals surface area (Å²) in [5, 5.41) is 3.13. The van der Waals surface area contributed by atoms with E-state index in [1.807, 2.05) is 0 Å². The minimum absolute atomic E-state index is 0. The van der Waals surface area contributed by atoms with E-state index >= 15 is 0 Å². The Labute approximate surface area is 115 Å². The third kappa shape index (κ3) is 4.11. The number of carbonyl (C=O) groups is 1. The van der Waals surface area contributed by atoms with Crippen molar-refractivity contribution >= 4 is 18.3 Å². The van der Waals surface area contributed by atoms with Crippen molar-refractivity contribution in [2.24, 2.45) is 17.6 Å². The van der Waals surface area contributed by atoms with Crippen LogP contribution in [0.3, 0.4) is 0 Å². The maximum absolute atomic E-state index is 12.0. The first kappa shape index (κ1) is 15.7. The predicted molar refractivity (Wildman–Crippen MR) is 73.7 cm³/mol. The molecular formula is C13H25ClN2O2. The standard InChI is InChI=1S/C13H24N2O2.ClH/c14-8-12(10-4-2-1-3-5-10)15-13(16)11-6-7-17-9-11;/h10-12H,1-9,14H2,(H,15,16);1H. The van der Waals surface area contributed by atoms with Crippen LogP contribution in [0, 0.1) is 11.8 Å². The van der Waals surface area contributed by atoms with Gasteiger partial charge < -0.3 is 15.8 Å². The zero-order valence-corrected chi connectivity index (χ0v) is 11.7. The molecule has 0 aromatic rings. The summed E-state index contributed by atoms with van der Waals surface area (Å²) in [6.45, 7) is 1.85. The second-order valence-electron chi connectivity index (χ2n) is 5.31. The number of nitrogens with two attached hydrogens (primary N) is 1. The first-order valence-electron chi connectivity index (χ1n) is 6.89. The van der Waals surface area contributed by atoms with Gasteiger partial charge in [0.2, 0.25) is 5.91 Å². The third-order valence-corrected chi connectivity index (χ3v) is 4.10. The topological polar surface area (TPSA) is 64.3 Å². The molecule has 1 amide bonds. The van der Waals surface area contributed by atoms with Crippen molar-refractivity contribution in [2.45, 2.75) is 44.6 Å². The molecule has 1 saturated carbocycles. The number of nitrogens with one attached hydrogen (secondary N) is 1. The van der Waals surface area contributed by atoms with Gasteiger partial charge in [-0.05, 0) is 25.2 Å². The van der Waals surface area contributed by atoms with Gasteiger partial charge in [0.25, 0.3) is 0 Å². The second-order valence-corrected chi connectivity index (χ2v) is 5.31. The molecule has 1 aliphatic carbocycles. The fourth-order valence-corrected chi connectivity index (χ4v) is 2.95. The van der Waals surface area contributed by atoms with Gasteiger partial charge in [-0.2, -0.15) is 0 Å². The number of hydrogen-bond donors (Lipinski definition) is 2. The molecule has 0 bridgehead atoms. The lowest BCUT2D eigenvalue weighted by Crippen LogP contribution is -2.48. The minimum Gasteiger partial charge on any atom is -0.381 e. The molecule has 2 atom stereocenters. The van der Waals surface area contributed by atoms with E-state index in [9.17, 15) is 4.79 Å². The summed E-state index contributed by atoms with van der Waals surface area (Å²) < 4.78 is 5.25. The molecule has 0 radical (unpaired) electrons. The van der Waals surface area contributed by atoms with Crippen LogP contribution < -0.4 is 11.1 Å². The number of carbonyl (C=O) groups excluding carboxylic acids is 1. The van der Waals surface area contributed by atoms with Gasteiger partial charge in [0.15, 0.2) is 0 Å². The normalized spacial score (nSPS) is 26.4. The Kier molecular flexibility index (Phi) is 6.97. The quantitative estimate of drug-likeness (QED) is 0.817. The van der Waals surface area contributed by atoms with Crippen LogP contribution in [0.4, 0.5) is 0 Å². The van der Waals surface area contributed by atoms with Gasteiger partial charge in [0, 0.05) is 19.2 Å². The molecule has 2 rings (SSSR count). The zero-order valence-electron chi connectivity index (χ0n) is 10.9. The van der Waals surface area contributed by atoms with Crippen molar-refractivity contribution in [3.8, 4) is 0 Å². The molecule has 5 heteroatoms. The molecule has 1 heterocycles. The SMILES string of the molecule is Cl.NCC(NC(=O)C1CCOC1)C1CCCCC1. The predicted octanol–water partition coefficient (Wildman–Crippen LogP) is 1.47. The lowest BCUT2D eigenvalue weighted by molar-refractivity contribution is -0.126. The van der Waals surface area contributed by atoms with E-state index in [-0.39, 0.29) is 30.3 Å².